The van der Waals surface area contributed by atoms with Crippen LogP contribution in [0.25, 0.3) is 0 Å². The highest BCUT2D eigenvalue weighted by molar-refractivity contribution is 5.30. The van der Waals surface area contributed by atoms with Gasteiger partial charge in [0.2, 0.25) is 0 Å². The average molecular weight is 279 g/mol. The molecule has 3 nitrogen and oxygen atoms in total. The highest BCUT2D eigenvalue weighted by Gasteiger charge is 2.16. The first-order valence-electron chi connectivity index (χ1n) is 7.32. The van der Waals surface area contributed by atoms with E-state index in [2.05, 4.69) is 52.1 Å². The normalized spacial score (nSPS) is 13.6. The number of hydrogen-bond acceptors (Lipinski definition) is 3. The fourth-order valence-electron chi connectivity index (χ4n) is 1.88. The van der Waals surface area contributed by atoms with E-state index in [0.717, 1.165) is 12.3 Å². The molecule has 0 heterocycles. The molecule has 0 fully saturated rings. The molecule has 0 spiro atoms. The molecule has 0 aliphatic carbocycles. The van der Waals surface area contributed by atoms with Crippen molar-refractivity contribution < 1.29 is 9.47 Å². The molecule has 0 aromatic heterocycles. The number of rotatable bonds is 7. The van der Waals surface area contributed by atoms with Crippen LogP contribution in [0.15, 0.2) is 24.3 Å². The third-order valence-electron chi connectivity index (χ3n) is 3.04. The van der Waals surface area contributed by atoms with E-state index >= 15 is 0 Å². The van der Waals surface area contributed by atoms with Gasteiger partial charge in [-0.15, -0.1) is 0 Å². The van der Waals surface area contributed by atoms with Crippen LogP contribution >= 0.6 is 0 Å². The summed E-state index contributed by atoms with van der Waals surface area (Å²) in [6.07, 6.45) is 0.0154. The van der Waals surface area contributed by atoms with E-state index in [9.17, 15) is 0 Å². The van der Waals surface area contributed by atoms with Crippen LogP contribution in [0.5, 0.6) is 5.75 Å². The molecular formula is C17H29NO2. The number of ether oxygens (including phenoxy) is 2. The first-order valence-corrected chi connectivity index (χ1v) is 7.32. The van der Waals surface area contributed by atoms with Gasteiger partial charge < -0.3 is 14.8 Å². The lowest BCUT2D eigenvalue weighted by Gasteiger charge is -2.26. The van der Waals surface area contributed by atoms with Crippen LogP contribution in [0, 0.1) is 0 Å². The van der Waals surface area contributed by atoms with Crippen LogP contribution < -0.4 is 10.1 Å². The van der Waals surface area contributed by atoms with Gasteiger partial charge in [0.25, 0.3) is 0 Å². The van der Waals surface area contributed by atoms with Crippen molar-refractivity contribution in [1.82, 2.24) is 5.32 Å². The molecule has 1 rings (SSSR count). The van der Waals surface area contributed by atoms with Crippen molar-refractivity contribution in [2.24, 2.45) is 0 Å². The van der Waals surface area contributed by atoms with E-state index < -0.39 is 0 Å². The molecule has 1 N–H and O–H groups in total. The maximum atomic E-state index is 6.05. The van der Waals surface area contributed by atoms with Crippen molar-refractivity contribution in [2.45, 2.75) is 52.2 Å². The Bertz CT molecular complexity index is 396. The first-order chi connectivity index (χ1) is 9.31. The zero-order valence-electron chi connectivity index (χ0n) is 13.7. The second kappa shape index (κ2) is 7.65. The summed E-state index contributed by atoms with van der Waals surface area (Å²) in [5.74, 6) is 1.42. The van der Waals surface area contributed by atoms with E-state index in [1.165, 1.54) is 5.56 Å². The molecule has 1 aromatic carbocycles. The topological polar surface area (TPSA) is 30.5 Å². The highest BCUT2D eigenvalue weighted by Crippen LogP contribution is 2.21. The zero-order valence-corrected chi connectivity index (χ0v) is 13.7. The molecule has 0 saturated heterocycles. The van der Waals surface area contributed by atoms with E-state index in [1.807, 2.05) is 12.1 Å². The van der Waals surface area contributed by atoms with Crippen LogP contribution in [0.4, 0.5) is 0 Å². The lowest BCUT2D eigenvalue weighted by atomic mass is 10.0. The lowest BCUT2D eigenvalue weighted by molar-refractivity contribution is 0.0764. The molecule has 114 valence electrons. The summed E-state index contributed by atoms with van der Waals surface area (Å²) in [6.45, 7) is 12.2. The third kappa shape index (κ3) is 6.40. The van der Waals surface area contributed by atoms with Crippen molar-refractivity contribution in [3.05, 3.63) is 29.8 Å². The number of benzene rings is 1. The maximum Gasteiger partial charge on any atom is 0.134 e. The SMILES string of the molecule is COCC(CNC(C)(C)C)Oc1cccc(C(C)C)c1. The standard InChI is InChI=1S/C17H29NO2/c1-13(2)14-8-7-9-15(10-14)20-16(12-19-6)11-18-17(3,4)5/h7-10,13,16,18H,11-12H2,1-6H3. The maximum absolute atomic E-state index is 6.05. The van der Waals surface area contributed by atoms with Gasteiger partial charge in [-0.25, -0.2) is 0 Å². The Morgan fingerprint density at radius 2 is 1.90 bits per heavy atom. The Hall–Kier alpha value is -1.06. The Morgan fingerprint density at radius 3 is 2.45 bits per heavy atom. The molecule has 0 aliphatic heterocycles. The molecule has 1 unspecified atom stereocenters. The van der Waals surface area contributed by atoms with E-state index in [4.69, 9.17) is 9.47 Å². The van der Waals surface area contributed by atoms with Crippen LogP contribution in [0.2, 0.25) is 0 Å². The van der Waals surface area contributed by atoms with Gasteiger partial charge in [0.15, 0.2) is 0 Å². The first kappa shape index (κ1) is 17.0. The van der Waals surface area contributed by atoms with Crippen LogP contribution in [0.1, 0.15) is 46.1 Å². The highest BCUT2D eigenvalue weighted by atomic mass is 16.5. The summed E-state index contributed by atoms with van der Waals surface area (Å²) < 4.78 is 11.3. The van der Waals surface area contributed by atoms with Crippen molar-refractivity contribution in [1.29, 1.82) is 0 Å². The molecular weight excluding hydrogens is 250 g/mol. The van der Waals surface area contributed by atoms with Crippen molar-refractivity contribution in [3.8, 4) is 5.75 Å². The lowest BCUT2D eigenvalue weighted by Crippen LogP contribution is -2.44. The smallest absolute Gasteiger partial charge is 0.134 e. The van der Waals surface area contributed by atoms with E-state index in [0.29, 0.717) is 12.5 Å². The Balaban J connectivity index is 2.67. The van der Waals surface area contributed by atoms with Gasteiger partial charge in [0.1, 0.15) is 11.9 Å². The summed E-state index contributed by atoms with van der Waals surface area (Å²) in [7, 11) is 1.71. The predicted molar refractivity (Wildman–Crippen MR) is 84.6 cm³/mol. The Morgan fingerprint density at radius 1 is 1.20 bits per heavy atom. The zero-order chi connectivity index (χ0) is 15.2. The van der Waals surface area contributed by atoms with Crippen LogP contribution in [-0.2, 0) is 4.74 Å². The molecule has 1 aromatic rings. The second-order valence-corrected chi connectivity index (χ2v) is 6.55. The van der Waals surface area contributed by atoms with Gasteiger partial charge in [0, 0.05) is 19.2 Å². The van der Waals surface area contributed by atoms with E-state index in [-0.39, 0.29) is 11.6 Å². The van der Waals surface area contributed by atoms with Gasteiger partial charge in [-0.05, 0) is 44.4 Å². The molecule has 0 radical (unpaired) electrons. The summed E-state index contributed by atoms with van der Waals surface area (Å²) in [4.78, 5) is 0. The van der Waals surface area contributed by atoms with Gasteiger partial charge in [-0.2, -0.15) is 0 Å². The summed E-state index contributed by atoms with van der Waals surface area (Å²) >= 11 is 0. The van der Waals surface area contributed by atoms with E-state index in [1.54, 1.807) is 7.11 Å². The van der Waals surface area contributed by atoms with Gasteiger partial charge in [-0.3, -0.25) is 0 Å². The summed E-state index contributed by atoms with van der Waals surface area (Å²) in [6, 6.07) is 8.30. The number of methoxy groups -OCH3 is 1. The minimum absolute atomic E-state index is 0.0154. The van der Waals surface area contributed by atoms with Gasteiger partial charge in [0.05, 0.1) is 6.61 Å². The largest absolute Gasteiger partial charge is 0.487 e. The van der Waals surface area contributed by atoms with Crippen LogP contribution in [-0.4, -0.2) is 31.9 Å². The van der Waals surface area contributed by atoms with Crippen molar-refractivity contribution in [3.63, 3.8) is 0 Å². The van der Waals surface area contributed by atoms with Gasteiger partial charge >= 0.3 is 0 Å². The van der Waals surface area contributed by atoms with Gasteiger partial charge in [-0.1, -0.05) is 26.0 Å². The fraction of sp³-hybridized carbons (Fsp3) is 0.647. The summed E-state index contributed by atoms with van der Waals surface area (Å²) in [5, 5.41) is 3.46. The molecule has 20 heavy (non-hydrogen) atoms. The molecule has 0 saturated carbocycles. The molecule has 1 atom stereocenters. The van der Waals surface area contributed by atoms with Crippen molar-refractivity contribution in [2.75, 3.05) is 20.3 Å². The minimum Gasteiger partial charge on any atom is -0.487 e. The minimum atomic E-state index is 0.0154. The molecule has 3 heteroatoms. The molecule has 0 aliphatic rings. The molecule has 0 bridgehead atoms. The fourth-order valence-corrected chi connectivity index (χ4v) is 1.88. The van der Waals surface area contributed by atoms with Crippen LogP contribution in [0.3, 0.4) is 0 Å². The quantitative estimate of drug-likeness (QED) is 0.827. The monoisotopic (exact) mass is 279 g/mol. The number of nitrogens with one attached hydrogen (secondary N) is 1. The van der Waals surface area contributed by atoms with Crippen molar-refractivity contribution >= 4 is 0 Å². The number of hydrogen-bond donors (Lipinski definition) is 1. The Labute approximate surface area is 123 Å². The summed E-state index contributed by atoms with van der Waals surface area (Å²) in [5.41, 5.74) is 1.37. The second-order valence-electron chi connectivity index (χ2n) is 6.55. The third-order valence-corrected chi connectivity index (χ3v) is 3.04. The average Bonchev–Trinajstić information content (AvgIpc) is 2.35. The Kier molecular flexibility index (Phi) is 6.50. The predicted octanol–water partition coefficient (Wildman–Crippen LogP) is 3.59. The molecule has 0 amide bonds.